The minimum atomic E-state index is -0.879. The maximum absolute atomic E-state index is 10.2. The minimum absolute atomic E-state index is 0.00904. The van der Waals surface area contributed by atoms with Crippen LogP contribution in [0.15, 0.2) is 30.3 Å². The number of aromatic carboxylic acids is 1. The Morgan fingerprint density at radius 3 is 1.48 bits per heavy atom. The van der Waals surface area contributed by atoms with E-state index in [1.54, 1.807) is 30.3 Å². The Balaban J connectivity index is 0.000000219. The van der Waals surface area contributed by atoms with E-state index >= 15 is 0 Å². The predicted octanol–water partition coefficient (Wildman–Crippen LogP) is 6.04. The van der Waals surface area contributed by atoms with E-state index in [0.717, 1.165) is 0 Å². The van der Waals surface area contributed by atoms with E-state index < -0.39 is 5.97 Å². The fourth-order valence-electron chi connectivity index (χ4n) is 1.17. The van der Waals surface area contributed by atoms with Gasteiger partial charge in [-0.15, -0.1) is 0 Å². The van der Waals surface area contributed by atoms with Crippen LogP contribution in [0.1, 0.15) is 10.4 Å². The summed E-state index contributed by atoms with van der Waals surface area (Å²) in [7, 11) is 0. The molecular formula is C13H7Cl5O3. The van der Waals surface area contributed by atoms with E-state index in [4.69, 9.17) is 63.1 Å². The molecule has 0 aliphatic carbocycles. The van der Waals surface area contributed by atoms with Crippen LogP contribution in [0.3, 0.4) is 0 Å². The minimum Gasteiger partial charge on any atom is -0.505 e. The highest BCUT2D eigenvalue weighted by Gasteiger charge is 2.18. The van der Waals surface area contributed by atoms with E-state index in [2.05, 4.69) is 0 Å². The van der Waals surface area contributed by atoms with E-state index in [-0.39, 0.29) is 30.9 Å². The first kappa shape index (κ1) is 18.2. The molecule has 0 fully saturated rings. The first-order chi connectivity index (χ1) is 9.77. The van der Waals surface area contributed by atoms with Crippen LogP contribution in [0.5, 0.6) is 5.75 Å². The van der Waals surface area contributed by atoms with Gasteiger partial charge in [0.15, 0.2) is 5.75 Å². The molecule has 0 bridgehead atoms. The zero-order valence-electron chi connectivity index (χ0n) is 10.1. The van der Waals surface area contributed by atoms with Crippen molar-refractivity contribution in [2.75, 3.05) is 0 Å². The molecule has 2 aromatic rings. The van der Waals surface area contributed by atoms with Gasteiger partial charge in [0.2, 0.25) is 0 Å². The van der Waals surface area contributed by atoms with Crippen LogP contribution in [0.4, 0.5) is 0 Å². The molecule has 112 valence electrons. The number of aromatic hydroxyl groups is 1. The van der Waals surface area contributed by atoms with Crippen LogP contribution in [0, 0.1) is 0 Å². The number of hydrogen-bond donors (Lipinski definition) is 2. The number of hydrogen-bond acceptors (Lipinski definition) is 2. The number of rotatable bonds is 1. The Morgan fingerprint density at radius 1 is 0.762 bits per heavy atom. The van der Waals surface area contributed by atoms with Gasteiger partial charge in [-0.2, -0.15) is 0 Å². The molecule has 3 nitrogen and oxygen atoms in total. The Bertz CT molecular complexity index is 554. The monoisotopic (exact) mass is 386 g/mol. The number of carboxylic acid groups (broad SMARTS) is 1. The highest BCUT2D eigenvalue weighted by atomic mass is 35.5. The third-order valence-corrected chi connectivity index (χ3v) is 4.46. The Morgan fingerprint density at radius 2 is 1.14 bits per heavy atom. The molecule has 0 heterocycles. The molecule has 0 radical (unpaired) electrons. The molecule has 0 saturated carbocycles. The van der Waals surface area contributed by atoms with Gasteiger partial charge in [0.1, 0.15) is 10.0 Å². The third-order valence-electron chi connectivity index (χ3n) is 2.21. The van der Waals surface area contributed by atoms with E-state index in [9.17, 15) is 9.90 Å². The van der Waals surface area contributed by atoms with Crippen molar-refractivity contribution >= 4 is 64.0 Å². The van der Waals surface area contributed by atoms with Gasteiger partial charge in [-0.1, -0.05) is 76.2 Å². The van der Waals surface area contributed by atoms with Gasteiger partial charge in [-0.3, -0.25) is 0 Å². The first-order valence-electron chi connectivity index (χ1n) is 5.26. The Labute approximate surface area is 145 Å². The summed E-state index contributed by atoms with van der Waals surface area (Å²) in [6, 6.07) is 8.30. The Hall–Kier alpha value is -0.840. The van der Waals surface area contributed by atoms with Crippen molar-refractivity contribution in [2.24, 2.45) is 0 Å². The average Bonchev–Trinajstić information content (AvgIpc) is 2.50. The van der Waals surface area contributed by atoms with Gasteiger partial charge < -0.3 is 10.2 Å². The number of carbonyl (C=O) groups is 1. The number of benzene rings is 2. The molecule has 0 aliphatic heterocycles. The topological polar surface area (TPSA) is 57.5 Å². The maximum Gasteiger partial charge on any atom is 0.335 e. The van der Waals surface area contributed by atoms with Crippen LogP contribution in [-0.2, 0) is 0 Å². The van der Waals surface area contributed by atoms with Crippen molar-refractivity contribution in [1.82, 2.24) is 0 Å². The van der Waals surface area contributed by atoms with Crippen LogP contribution < -0.4 is 0 Å². The smallest absolute Gasteiger partial charge is 0.335 e. The summed E-state index contributed by atoms with van der Waals surface area (Å²) in [6.45, 7) is 0. The molecule has 0 unspecified atom stereocenters. The molecule has 0 saturated heterocycles. The lowest BCUT2D eigenvalue weighted by Crippen LogP contribution is -1.93. The summed E-state index contributed by atoms with van der Waals surface area (Å²) in [6.07, 6.45) is 0. The quantitative estimate of drug-likeness (QED) is 0.462. The van der Waals surface area contributed by atoms with Gasteiger partial charge in [-0.05, 0) is 12.1 Å². The molecule has 21 heavy (non-hydrogen) atoms. The molecule has 2 rings (SSSR count). The second-order valence-electron chi connectivity index (χ2n) is 3.59. The normalized spacial score (nSPS) is 9.76. The summed E-state index contributed by atoms with van der Waals surface area (Å²) in [4.78, 5) is 10.2. The lowest BCUT2D eigenvalue weighted by Gasteiger charge is -2.06. The van der Waals surface area contributed by atoms with Crippen LogP contribution in [-0.4, -0.2) is 16.2 Å². The summed E-state index contributed by atoms with van der Waals surface area (Å²) in [5.41, 5.74) is 0.331. The first-order valence-corrected chi connectivity index (χ1v) is 7.15. The molecule has 2 N–H and O–H groups in total. The highest BCUT2D eigenvalue weighted by Crippen LogP contribution is 2.47. The molecule has 0 spiro atoms. The Kier molecular flexibility index (Phi) is 6.91. The second kappa shape index (κ2) is 7.97. The summed E-state index contributed by atoms with van der Waals surface area (Å²) in [5, 5.41) is 17.4. The lowest BCUT2D eigenvalue weighted by atomic mass is 10.2. The molecule has 0 atom stereocenters. The molecule has 8 heteroatoms. The standard InChI is InChI=1S/C7H6O2.C6HCl5O/c8-7(9)6-4-2-1-3-5-6;7-1-2(8)4(10)6(12)5(11)3(1)9/h1-5H,(H,8,9);12H. The van der Waals surface area contributed by atoms with Crippen molar-refractivity contribution in [2.45, 2.75) is 0 Å². The zero-order chi connectivity index (χ0) is 16.2. The van der Waals surface area contributed by atoms with E-state index in [0.29, 0.717) is 5.56 Å². The highest BCUT2D eigenvalue weighted by molar-refractivity contribution is 6.55. The largest absolute Gasteiger partial charge is 0.505 e. The molecule has 0 aliphatic rings. The average molecular weight is 388 g/mol. The fourth-order valence-corrected chi connectivity index (χ4v) is 2.30. The van der Waals surface area contributed by atoms with Crippen molar-refractivity contribution in [3.63, 3.8) is 0 Å². The zero-order valence-corrected chi connectivity index (χ0v) is 13.9. The van der Waals surface area contributed by atoms with E-state index in [1.807, 2.05) is 0 Å². The molecule has 2 aromatic carbocycles. The number of halogens is 5. The van der Waals surface area contributed by atoms with Crippen molar-refractivity contribution in [3.05, 3.63) is 61.0 Å². The van der Waals surface area contributed by atoms with Crippen LogP contribution in [0.25, 0.3) is 0 Å². The summed E-state index contributed by atoms with van der Waals surface area (Å²) >= 11 is 27.9. The summed E-state index contributed by atoms with van der Waals surface area (Å²) in [5.74, 6) is -1.24. The van der Waals surface area contributed by atoms with Crippen LogP contribution >= 0.6 is 58.0 Å². The third kappa shape index (κ3) is 4.56. The van der Waals surface area contributed by atoms with Gasteiger partial charge in [-0.25, -0.2) is 4.79 Å². The van der Waals surface area contributed by atoms with Gasteiger partial charge in [0, 0.05) is 0 Å². The SMILES string of the molecule is O=C(O)c1ccccc1.Oc1c(Cl)c(Cl)c(Cl)c(Cl)c1Cl. The second-order valence-corrected chi connectivity index (χ2v) is 5.48. The number of phenolic OH excluding ortho intramolecular Hbond substituents is 1. The van der Waals surface area contributed by atoms with Crippen LogP contribution in [0.2, 0.25) is 25.1 Å². The van der Waals surface area contributed by atoms with Crippen molar-refractivity contribution in [1.29, 1.82) is 0 Å². The van der Waals surface area contributed by atoms with Gasteiger partial charge >= 0.3 is 5.97 Å². The number of phenols is 1. The summed E-state index contributed by atoms with van der Waals surface area (Å²) < 4.78 is 0. The fraction of sp³-hybridized carbons (Fsp3) is 0. The maximum atomic E-state index is 10.2. The predicted molar refractivity (Wildman–Crippen MR) is 86.6 cm³/mol. The van der Waals surface area contributed by atoms with Gasteiger partial charge in [0.25, 0.3) is 0 Å². The number of carboxylic acids is 1. The molecule has 0 amide bonds. The van der Waals surface area contributed by atoms with Gasteiger partial charge in [0.05, 0.1) is 20.6 Å². The lowest BCUT2D eigenvalue weighted by molar-refractivity contribution is 0.0697. The molecule has 0 aromatic heterocycles. The van der Waals surface area contributed by atoms with Crippen molar-refractivity contribution in [3.8, 4) is 5.75 Å². The van der Waals surface area contributed by atoms with Crippen molar-refractivity contribution < 1.29 is 15.0 Å². The molecular weight excluding hydrogens is 381 g/mol. The van der Waals surface area contributed by atoms with E-state index in [1.165, 1.54) is 0 Å².